The first-order valence-electron chi connectivity index (χ1n) is 13.4. The average molecular weight is 597 g/mol. The minimum Gasteiger partial charge on any atom is -0.465 e. The van der Waals surface area contributed by atoms with Gasteiger partial charge in [0.2, 0.25) is 17.4 Å². The number of benzene rings is 2. The zero-order valence-corrected chi connectivity index (χ0v) is 23.2. The quantitative estimate of drug-likeness (QED) is 0.268. The maximum atomic E-state index is 14.7. The lowest BCUT2D eigenvalue weighted by Crippen LogP contribution is -2.38. The number of carbonyl (C=O) groups is 3. The summed E-state index contributed by atoms with van der Waals surface area (Å²) in [6, 6.07) is 9.24. The van der Waals surface area contributed by atoms with Crippen LogP contribution >= 0.6 is 11.6 Å². The number of amides is 3. The Morgan fingerprint density at radius 2 is 1.88 bits per heavy atom. The number of carboxylic acid groups (broad SMARTS) is 1. The van der Waals surface area contributed by atoms with Gasteiger partial charge in [-0.05, 0) is 60.7 Å². The molecule has 42 heavy (non-hydrogen) atoms. The van der Waals surface area contributed by atoms with Gasteiger partial charge in [-0.15, -0.1) is 0 Å². The van der Waals surface area contributed by atoms with Gasteiger partial charge in [0.05, 0.1) is 22.3 Å². The van der Waals surface area contributed by atoms with Crippen molar-refractivity contribution in [3.8, 4) is 11.1 Å². The molecule has 4 N–H and O–H groups in total. The normalized spacial score (nSPS) is 19.1. The van der Waals surface area contributed by atoms with E-state index < -0.39 is 41.2 Å². The maximum absolute atomic E-state index is 14.7. The standard InChI is InChI=1S/C30H27ClF2N4O5/c1-15-3-2-4-24(37-10-9-16(13-26(37)39)27-21(32)8-7-20(31)28(27)33)23-11-17(12-25(38)35-23)19-6-5-18(34-30(41)42)14-22(19)36-29(15)40/h5-8,11-15,24,34H,2-4,9-10H2,1H3,(H,35,38)(H,36,40)(H,41,42)/t15-,24+/m1/s1. The minimum absolute atomic E-state index is 0.129. The lowest BCUT2D eigenvalue weighted by atomic mass is 9.92. The molecule has 2 aromatic carbocycles. The highest BCUT2D eigenvalue weighted by Crippen LogP contribution is 2.37. The molecule has 0 radical (unpaired) electrons. The summed E-state index contributed by atoms with van der Waals surface area (Å²) in [6.07, 6.45) is 1.49. The van der Waals surface area contributed by atoms with Gasteiger partial charge >= 0.3 is 6.09 Å². The maximum Gasteiger partial charge on any atom is 0.409 e. The number of nitrogens with zero attached hydrogens (tertiary/aromatic N) is 1. The van der Waals surface area contributed by atoms with Gasteiger partial charge in [0.15, 0.2) is 5.82 Å². The predicted octanol–water partition coefficient (Wildman–Crippen LogP) is 6.18. The van der Waals surface area contributed by atoms with Crippen molar-refractivity contribution in [2.45, 2.75) is 38.6 Å². The first kappa shape index (κ1) is 29.0. The van der Waals surface area contributed by atoms with Crippen LogP contribution in [0.5, 0.6) is 0 Å². The Bertz CT molecular complexity index is 1690. The number of halogens is 3. The van der Waals surface area contributed by atoms with Crippen LogP contribution in [0.4, 0.5) is 25.0 Å². The second-order valence-electron chi connectivity index (χ2n) is 10.4. The molecule has 3 aromatic rings. The Kier molecular flexibility index (Phi) is 8.13. The smallest absolute Gasteiger partial charge is 0.409 e. The van der Waals surface area contributed by atoms with Crippen molar-refractivity contribution in [1.29, 1.82) is 0 Å². The van der Waals surface area contributed by atoms with Crippen LogP contribution in [0.3, 0.4) is 0 Å². The molecule has 9 nitrogen and oxygen atoms in total. The van der Waals surface area contributed by atoms with Gasteiger partial charge in [-0.3, -0.25) is 19.7 Å². The van der Waals surface area contributed by atoms with Crippen LogP contribution in [0.15, 0.2) is 53.3 Å². The number of hydrogen-bond acceptors (Lipinski definition) is 4. The Morgan fingerprint density at radius 1 is 1.10 bits per heavy atom. The topological polar surface area (TPSA) is 132 Å². The highest BCUT2D eigenvalue weighted by Gasteiger charge is 2.31. The Hall–Kier alpha value is -4.51. The zero-order chi connectivity index (χ0) is 30.1. The number of hydrogen-bond donors (Lipinski definition) is 4. The number of nitrogens with one attached hydrogen (secondary N) is 3. The van der Waals surface area contributed by atoms with Crippen molar-refractivity contribution >= 4 is 46.5 Å². The Balaban J connectivity index is 1.57. The highest BCUT2D eigenvalue weighted by atomic mass is 35.5. The number of pyridine rings is 1. The van der Waals surface area contributed by atoms with E-state index in [1.807, 2.05) is 0 Å². The highest BCUT2D eigenvalue weighted by molar-refractivity contribution is 6.31. The third-order valence-corrected chi connectivity index (χ3v) is 7.86. The summed E-state index contributed by atoms with van der Waals surface area (Å²) in [7, 11) is 0. The van der Waals surface area contributed by atoms with E-state index in [9.17, 15) is 28.0 Å². The molecule has 0 aliphatic carbocycles. The van der Waals surface area contributed by atoms with Crippen LogP contribution in [0.25, 0.3) is 16.7 Å². The molecule has 1 aromatic heterocycles. The average Bonchev–Trinajstić information content (AvgIpc) is 2.93. The van der Waals surface area contributed by atoms with Gasteiger partial charge in [0.25, 0.3) is 0 Å². The molecule has 0 spiro atoms. The molecule has 3 heterocycles. The fraction of sp³-hybridized carbons (Fsp3) is 0.267. The fourth-order valence-corrected chi connectivity index (χ4v) is 5.62. The second-order valence-corrected chi connectivity index (χ2v) is 10.8. The second kappa shape index (κ2) is 11.8. The molecule has 12 heteroatoms. The van der Waals surface area contributed by atoms with Crippen LogP contribution in [0.2, 0.25) is 5.02 Å². The number of carbonyl (C=O) groups excluding carboxylic acids is 2. The lowest BCUT2D eigenvalue weighted by Gasteiger charge is -2.35. The van der Waals surface area contributed by atoms with Crippen molar-refractivity contribution in [2.75, 3.05) is 17.2 Å². The first-order chi connectivity index (χ1) is 20.0. The van der Waals surface area contributed by atoms with Crippen LogP contribution in [0.1, 0.15) is 49.9 Å². The molecule has 3 amide bonds. The summed E-state index contributed by atoms with van der Waals surface area (Å²) >= 11 is 5.86. The van der Waals surface area contributed by atoms with Gasteiger partial charge in [0.1, 0.15) is 5.82 Å². The van der Waals surface area contributed by atoms with Crippen LogP contribution in [0, 0.1) is 17.6 Å². The fourth-order valence-electron chi connectivity index (χ4n) is 5.47. The molecule has 2 bridgehead atoms. The number of rotatable bonds is 3. The molecular weight excluding hydrogens is 570 g/mol. The summed E-state index contributed by atoms with van der Waals surface area (Å²) in [4.78, 5) is 54.9. The van der Waals surface area contributed by atoms with Crippen molar-refractivity contribution in [3.63, 3.8) is 0 Å². The molecule has 218 valence electrons. The summed E-state index contributed by atoms with van der Waals surface area (Å²) in [5, 5.41) is 14.0. The Morgan fingerprint density at radius 3 is 2.62 bits per heavy atom. The van der Waals surface area contributed by atoms with Crippen molar-refractivity contribution in [2.24, 2.45) is 5.92 Å². The van der Waals surface area contributed by atoms with Crippen LogP contribution in [-0.2, 0) is 9.59 Å². The van der Waals surface area contributed by atoms with E-state index in [2.05, 4.69) is 15.6 Å². The SMILES string of the molecule is C[C@@H]1CCC[C@H](N2CCC(c3c(F)ccc(Cl)c3F)=CC2=O)c2cc(cc(=O)[nH]2)-c2ccc(NC(=O)O)cc2NC1=O. The number of fused-ring (bicyclic) bond motifs is 4. The number of H-pyrrole nitrogens is 1. The zero-order valence-electron chi connectivity index (χ0n) is 22.5. The van der Waals surface area contributed by atoms with E-state index in [1.54, 1.807) is 24.0 Å². The number of aromatic nitrogens is 1. The third-order valence-electron chi connectivity index (χ3n) is 7.57. The molecule has 2 aliphatic rings. The summed E-state index contributed by atoms with van der Waals surface area (Å²) in [5.41, 5.74) is 1.36. The lowest BCUT2D eigenvalue weighted by molar-refractivity contribution is -0.129. The van der Waals surface area contributed by atoms with E-state index in [1.165, 1.54) is 24.3 Å². The Labute approximate surface area is 244 Å². The van der Waals surface area contributed by atoms with E-state index >= 15 is 0 Å². The molecule has 0 saturated carbocycles. The van der Waals surface area contributed by atoms with Crippen LogP contribution < -0.4 is 16.2 Å². The monoisotopic (exact) mass is 596 g/mol. The van der Waals surface area contributed by atoms with E-state index in [0.29, 0.717) is 41.8 Å². The molecule has 0 unspecified atom stereocenters. The van der Waals surface area contributed by atoms with Crippen molar-refractivity contribution in [1.82, 2.24) is 9.88 Å². The molecule has 0 saturated heterocycles. The van der Waals surface area contributed by atoms with Crippen molar-refractivity contribution in [3.05, 3.63) is 86.8 Å². The number of aromatic amines is 1. The molecule has 2 aliphatic heterocycles. The van der Waals surface area contributed by atoms with Gasteiger partial charge in [-0.2, -0.15) is 0 Å². The largest absolute Gasteiger partial charge is 0.465 e. The molecular formula is C30H27ClF2N4O5. The summed E-state index contributed by atoms with van der Waals surface area (Å²) in [5.74, 6) is -2.92. The summed E-state index contributed by atoms with van der Waals surface area (Å²) in [6.45, 7) is 1.90. The molecule has 5 rings (SSSR count). The molecule has 0 fully saturated rings. The third kappa shape index (κ3) is 5.91. The van der Waals surface area contributed by atoms with E-state index in [0.717, 1.165) is 12.1 Å². The molecule has 2 atom stereocenters. The summed E-state index contributed by atoms with van der Waals surface area (Å²) < 4.78 is 29.2. The first-order valence-corrected chi connectivity index (χ1v) is 13.7. The van der Waals surface area contributed by atoms with E-state index in [4.69, 9.17) is 16.7 Å². The van der Waals surface area contributed by atoms with Crippen molar-refractivity contribution < 1.29 is 28.3 Å². The van der Waals surface area contributed by atoms with Crippen LogP contribution in [-0.4, -0.2) is 39.4 Å². The van der Waals surface area contributed by atoms with Gasteiger partial charge < -0.3 is 20.3 Å². The van der Waals surface area contributed by atoms with Gasteiger partial charge in [-0.1, -0.05) is 31.0 Å². The van der Waals surface area contributed by atoms with Gasteiger partial charge in [-0.25, -0.2) is 13.6 Å². The number of anilines is 2. The minimum atomic E-state index is -1.27. The predicted molar refractivity (Wildman–Crippen MR) is 154 cm³/mol. The van der Waals surface area contributed by atoms with Gasteiger partial charge in [0, 0.05) is 41.5 Å². The van der Waals surface area contributed by atoms with E-state index in [-0.39, 0.29) is 40.7 Å².